The SMILES string of the molecule is CCC(SC1=Nc2ccccc2C2=NC(Cc3ccccc3)C(=O)N12)C(=O)Nc1ccccc1. The summed E-state index contributed by atoms with van der Waals surface area (Å²) in [6.07, 6.45) is 1.11. The Morgan fingerprint density at radius 3 is 2.41 bits per heavy atom. The van der Waals surface area contributed by atoms with Gasteiger partial charge in [0.1, 0.15) is 11.9 Å². The van der Waals surface area contributed by atoms with Gasteiger partial charge in [0.2, 0.25) is 5.91 Å². The summed E-state index contributed by atoms with van der Waals surface area (Å²) in [6, 6.07) is 26.4. The molecular weight excluding hydrogens is 444 g/mol. The molecule has 0 aliphatic carbocycles. The van der Waals surface area contributed by atoms with E-state index in [9.17, 15) is 9.59 Å². The van der Waals surface area contributed by atoms with Gasteiger partial charge in [0.05, 0.1) is 10.9 Å². The molecule has 2 aliphatic heterocycles. The Balaban J connectivity index is 1.43. The van der Waals surface area contributed by atoms with Gasteiger partial charge in [-0.3, -0.25) is 14.6 Å². The van der Waals surface area contributed by atoms with Gasteiger partial charge in [-0.05, 0) is 36.2 Å². The van der Waals surface area contributed by atoms with Gasteiger partial charge in [0.15, 0.2) is 5.17 Å². The molecule has 0 saturated heterocycles. The number of nitrogens with zero attached hydrogens (tertiary/aromatic N) is 3. The fourth-order valence-corrected chi connectivity index (χ4v) is 5.07. The average Bonchev–Trinajstić information content (AvgIpc) is 3.20. The van der Waals surface area contributed by atoms with Gasteiger partial charge in [-0.2, -0.15) is 0 Å². The summed E-state index contributed by atoms with van der Waals surface area (Å²) in [6.45, 7) is 1.96. The topological polar surface area (TPSA) is 74.1 Å². The Labute approximate surface area is 202 Å². The highest BCUT2D eigenvalue weighted by Crippen LogP contribution is 2.35. The predicted octanol–water partition coefficient (Wildman–Crippen LogP) is 5.04. The van der Waals surface area contributed by atoms with Crippen LogP contribution in [-0.2, 0) is 16.0 Å². The Kier molecular flexibility index (Phi) is 6.27. The Bertz CT molecular complexity index is 1270. The van der Waals surface area contributed by atoms with Crippen molar-refractivity contribution in [3.05, 3.63) is 96.1 Å². The molecule has 0 spiro atoms. The average molecular weight is 469 g/mol. The number of amides is 2. The van der Waals surface area contributed by atoms with Crippen LogP contribution >= 0.6 is 11.8 Å². The normalized spacial score (nSPS) is 17.4. The van der Waals surface area contributed by atoms with Crippen LogP contribution in [0.2, 0.25) is 0 Å². The zero-order valence-electron chi connectivity index (χ0n) is 18.7. The van der Waals surface area contributed by atoms with Crippen molar-refractivity contribution < 1.29 is 9.59 Å². The van der Waals surface area contributed by atoms with Crippen LogP contribution in [0.4, 0.5) is 11.4 Å². The van der Waals surface area contributed by atoms with Crippen molar-refractivity contribution in [1.82, 2.24) is 4.90 Å². The van der Waals surface area contributed by atoms with Crippen LogP contribution in [-0.4, -0.2) is 39.0 Å². The number of benzene rings is 3. The quantitative estimate of drug-likeness (QED) is 0.551. The molecule has 0 saturated carbocycles. The van der Waals surface area contributed by atoms with E-state index in [2.05, 4.69) is 5.32 Å². The molecule has 2 aliphatic rings. The van der Waals surface area contributed by atoms with Gasteiger partial charge in [-0.15, -0.1) is 0 Å². The van der Waals surface area contributed by atoms with E-state index in [0.29, 0.717) is 23.8 Å². The second-order valence-corrected chi connectivity index (χ2v) is 9.28. The number of aliphatic imine (C=N–C) groups is 2. The lowest BCUT2D eigenvalue weighted by atomic mass is 10.1. The van der Waals surface area contributed by atoms with E-state index < -0.39 is 11.3 Å². The first-order valence-electron chi connectivity index (χ1n) is 11.3. The highest BCUT2D eigenvalue weighted by atomic mass is 32.2. The van der Waals surface area contributed by atoms with Crippen molar-refractivity contribution >= 4 is 46.0 Å². The molecule has 7 heteroatoms. The van der Waals surface area contributed by atoms with E-state index in [-0.39, 0.29) is 11.8 Å². The Hall–Kier alpha value is -3.71. The second-order valence-electron chi connectivity index (χ2n) is 8.11. The summed E-state index contributed by atoms with van der Waals surface area (Å²) < 4.78 is 0. The summed E-state index contributed by atoms with van der Waals surface area (Å²) in [4.78, 5) is 37.7. The zero-order chi connectivity index (χ0) is 23.5. The summed E-state index contributed by atoms with van der Waals surface area (Å²) in [5.41, 5.74) is 3.38. The van der Waals surface area contributed by atoms with Crippen LogP contribution in [0.25, 0.3) is 0 Å². The summed E-state index contributed by atoms with van der Waals surface area (Å²) in [7, 11) is 0. The highest BCUT2D eigenvalue weighted by Gasteiger charge is 2.42. The first kappa shape index (κ1) is 22.1. The number of hydrogen-bond acceptors (Lipinski definition) is 5. The van der Waals surface area contributed by atoms with Crippen LogP contribution in [0.1, 0.15) is 24.5 Å². The summed E-state index contributed by atoms with van der Waals surface area (Å²) in [5.74, 6) is 0.376. The first-order valence-corrected chi connectivity index (χ1v) is 12.2. The number of para-hydroxylation sites is 2. The highest BCUT2D eigenvalue weighted by molar-refractivity contribution is 8.15. The van der Waals surface area contributed by atoms with E-state index in [4.69, 9.17) is 9.98 Å². The van der Waals surface area contributed by atoms with Gasteiger partial charge < -0.3 is 5.32 Å². The Morgan fingerprint density at radius 1 is 1.00 bits per heavy atom. The molecule has 0 fully saturated rings. The second kappa shape index (κ2) is 9.65. The van der Waals surface area contributed by atoms with Crippen molar-refractivity contribution in [2.75, 3.05) is 5.32 Å². The van der Waals surface area contributed by atoms with Gasteiger partial charge in [0, 0.05) is 17.7 Å². The lowest BCUT2D eigenvalue weighted by Crippen LogP contribution is -2.42. The molecule has 0 radical (unpaired) electrons. The third-order valence-corrected chi connectivity index (χ3v) is 7.09. The van der Waals surface area contributed by atoms with Crippen LogP contribution < -0.4 is 5.32 Å². The smallest absolute Gasteiger partial charge is 0.259 e. The molecule has 0 aromatic heterocycles. The minimum absolute atomic E-state index is 0.113. The molecule has 2 heterocycles. The molecule has 1 N–H and O–H groups in total. The zero-order valence-corrected chi connectivity index (χ0v) is 19.5. The number of nitrogens with one attached hydrogen (secondary N) is 1. The van der Waals surface area contributed by atoms with E-state index >= 15 is 0 Å². The van der Waals surface area contributed by atoms with E-state index in [1.807, 2.05) is 91.9 Å². The molecule has 2 amide bonds. The standard InChI is InChI=1S/C27H24N4O2S/c1-2-23(25(32)28-19-13-7-4-8-14-19)34-27-30-21-16-10-9-15-20(21)24-29-22(26(33)31(24)27)17-18-11-5-3-6-12-18/h3-16,22-23H,2,17H2,1H3,(H,28,32). The number of anilines is 1. The molecule has 3 aromatic rings. The largest absolute Gasteiger partial charge is 0.325 e. The van der Waals surface area contributed by atoms with Gasteiger partial charge in [-0.1, -0.05) is 79.3 Å². The number of carbonyl (C=O) groups is 2. The molecule has 170 valence electrons. The number of fused-ring (bicyclic) bond motifs is 3. The van der Waals surface area contributed by atoms with E-state index in [1.165, 1.54) is 11.8 Å². The minimum atomic E-state index is -0.521. The maximum atomic E-state index is 13.5. The first-order chi connectivity index (χ1) is 16.6. The van der Waals surface area contributed by atoms with Crippen LogP contribution in [0.3, 0.4) is 0 Å². The molecule has 2 atom stereocenters. The van der Waals surface area contributed by atoms with Gasteiger partial charge in [0.25, 0.3) is 5.91 Å². The molecular formula is C27H24N4O2S. The van der Waals surface area contributed by atoms with Crippen LogP contribution in [0, 0.1) is 0 Å². The molecule has 0 bridgehead atoms. The van der Waals surface area contributed by atoms with Crippen molar-refractivity contribution in [2.45, 2.75) is 31.1 Å². The van der Waals surface area contributed by atoms with Crippen molar-refractivity contribution in [3.63, 3.8) is 0 Å². The van der Waals surface area contributed by atoms with Crippen molar-refractivity contribution in [1.29, 1.82) is 0 Å². The third-order valence-electron chi connectivity index (χ3n) is 5.77. The number of rotatable bonds is 6. The monoisotopic (exact) mass is 468 g/mol. The van der Waals surface area contributed by atoms with Crippen molar-refractivity contribution in [2.24, 2.45) is 9.98 Å². The number of carbonyl (C=O) groups excluding carboxylic acids is 2. The maximum absolute atomic E-state index is 13.5. The van der Waals surface area contributed by atoms with Gasteiger partial charge >= 0.3 is 0 Å². The summed E-state index contributed by atoms with van der Waals surface area (Å²) in [5, 5.41) is 3.05. The maximum Gasteiger partial charge on any atom is 0.259 e. The van der Waals surface area contributed by atoms with E-state index in [1.54, 1.807) is 4.90 Å². The minimum Gasteiger partial charge on any atom is -0.325 e. The van der Waals surface area contributed by atoms with Crippen LogP contribution in [0.5, 0.6) is 0 Å². The fourth-order valence-electron chi connectivity index (χ4n) is 4.05. The lowest BCUT2D eigenvalue weighted by molar-refractivity contribution is -0.124. The molecule has 34 heavy (non-hydrogen) atoms. The molecule has 2 unspecified atom stereocenters. The fraction of sp³-hybridized carbons (Fsp3) is 0.185. The number of thioether (sulfide) groups is 1. The third kappa shape index (κ3) is 4.39. The summed E-state index contributed by atoms with van der Waals surface area (Å²) >= 11 is 1.31. The Morgan fingerprint density at radius 2 is 1.68 bits per heavy atom. The predicted molar refractivity (Wildman–Crippen MR) is 138 cm³/mol. The lowest BCUT2D eigenvalue weighted by Gasteiger charge is -2.27. The molecule has 6 nitrogen and oxygen atoms in total. The van der Waals surface area contributed by atoms with E-state index in [0.717, 1.165) is 22.5 Å². The number of hydrogen-bond donors (Lipinski definition) is 1. The van der Waals surface area contributed by atoms with Gasteiger partial charge in [-0.25, -0.2) is 9.89 Å². The molecule has 3 aromatic carbocycles. The molecule has 5 rings (SSSR count). The number of amidine groups is 2. The van der Waals surface area contributed by atoms with Crippen LogP contribution in [0.15, 0.2) is 94.9 Å². The van der Waals surface area contributed by atoms with Crippen molar-refractivity contribution in [3.8, 4) is 0 Å².